The molecule has 2 aromatic carbocycles. The summed E-state index contributed by atoms with van der Waals surface area (Å²) >= 11 is 7.40. The molecule has 0 radical (unpaired) electrons. The minimum atomic E-state index is -0.485. The number of amides is 2. The molecule has 0 N–H and O–H groups in total. The predicted octanol–water partition coefficient (Wildman–Crippen LogP) is 4.33. The summed E-state index contributed by atoms with van der Waals surface area (Å²) in [6.45, 7) is 0.165. The summed E-state index contributed by atoms with van der Waals surface area (Å²) < 4.78 is 5.39. The number of hydrogen-bond donors (Lipinski definition) is 0. The Balaban J connectivity index is 1.36. The molecule has 1 saturated heterocycles. The van der Waals surface area contributed by atoms with E-state index >= 15 is 0 Å². The lowest BCUT2D eigenvalue weighted by Crippen LogP contribution is -2.37. The summed E-state index contributed by atoms with van der Waals surface area (Å²) in [5.41, 5.74) is 1.65. The predicted molar refractivity (Wildman–Crippen MR) is 119 cm³/mol. The van der Waals surface area contributed by atoms with Gasteiger partial charge in [-0.1, -0.05) is 68.3 Å². The Labute approximate surface area is 191 Å². The molecular formula is C23H19Br2NO4. The summed E-state index contributed by atoms with van der Waals surface area (Å²) in [6.07, 6.45) is 0.887. The number of rotatable bonds is 4. The third-order valence-electron chi connectivity index (χ3n) is 6.54. The molecule has 0 aromatic heterocycles. The maximum Gasteiger partial charge on any atom is 0.338 e. The van der Waals surface area contributed by atoms with Gasteiger partial charge in [-0.05, 0) is 42.0 Å². The summed E-state index contributed by atoms with van der Waals surface area (Å²) in [5.74, 6) is -1.05. The number of ether oxygens (including phenoxy) is 1. The molecule has 2 aromatic rings. The lowest BCUT2D eigenvalue weighted by atomic mass is 9.81. The van der Waals surface area contributed by atoms with Crippen LogP contribution in [0.25, 0.3) is 0 Å². The van der Waals surface area contributed by atoms with E-state index in [4.69, 9.17) is 4.74 Å². The Bertz CT molecular complexity index is 995. The second-order valence-electron chi connectivity index (χ2n) is 8.13. The molecule has 6 atom stereocenters. The van der Waals surface area contributed by atoms with Gasteiger partial charge in [0.05, 0.1) is 23.1 Å². The van der Waals surface area contributed by atoms with Crippen LogP contribution in [-0.2, 0) is 20.9 Å². The number of imide groups is 1. The third-order valence-corrected chi connectivity index (χ3v) is 9.75. The Morgan fingerprint density at radius 3 is 2.20 bits per heavy atom. The largest absolute Gasteiger partial charge is 0.457 e. The van der Waals surface area contributed by atoms with E-state index in [1.165, 1.54) is 4.90 Å². The van der Waals surface area contributed by atoms with Crippen LogP contribution in [0, 0.1) is 23.7 Å². The van der Waals surface area contributed by atoms with Crippen molar-refractivity contribution in [1.29, 1.82) is 0 Å². The van der Waals surface area contributed by atoms with Crippen LogP contribution in [0.5, 0.6) is 0 Å². The number of carbonyl (C=O) groups is 3. The van der Waals surface area contributed by atoms with Gasteiger partial charge < -0.3 is 4.74 Å². The molecule has 3 aliphatic rings. The molecule has 6 unspecified atom stereocenters. The van der Waals surface area contributed by atoms with Gasteiger partial charge in [0, 0.05) is 9.65 Å². The van der Waals surface area contributed by atoms with Crippen molar-refractivity contribution in [3.63, 3.8) is 0 Å². The fraction of sp³-hybridized carbons (Fsp3) is 0.348. The number of fused-ring (bicyclic) bond motifs is 5. The Morgan fingerprint density at radius 2 is 1.57 bits per heavy atom. The zero-order chi connectivity index (χ0) is 21.0. The van der Waals surface area contributed by atoms with Gasteiger partial charge in [-0.2, -0.15) is 0 Å². The maximum absolute atomic E-state index is 13.2. The van der Waals surface area contributed by atoms with Crippen molar-refractivity contribution in [2.24, 2.45) is 23.7 Å². The summed E-state index contributed by atoms with van der Waals surface area (Å²) in [4.78, 5) is 40.5. The van der Waals surface area contributed by atoms with Crippen molar-refractivity contribution in [1.82, 2.24) is 0 Å². The number of halogens is 2. The molecule has 1 aliphatic heterocycles. The topological polar surface area (TPSA) is 63.7 Å². The van der Waals surface area contributed by atoms with Gasteiger partial charge in [-0.3, -0.25) is 14.5 Å². The van der Waals surface area contributed by atoms with Crippen LogP contribution in [0.1, 0.15) is 22.3 Å². The minimum Gasteiger partial charge on any atom is -0.457 e. The van der Waals surface area contributed by atoms with E-state index in [0.717, 1.165) is 12.0 Å². The highest BCUT2D eigenvalue weighted by molar-refractivity contribution is 9.12. The molecule has 2 aliphatic carbocycles. The van der Waals surface area contributed by atoms with Crippen LogP contribution in [0.4, 0.5) is 5.69 Å². The molecule has 7 heteroatoms. The zero-order valence-corrected chi connectivity index (χ0v) is 19.1. The van der Waals surface area contributed by atoms with Crippen LogP contribution in [0.15, 0.2) is 54.6 Å². The highest BCUT2D eigenvalue weighted by Crippen LogP contribution is 2.60. The first-order valence-electron chi connectivity index (χ1n) is 9.94. The van der Waals surface area contributed by atoms with E-state index in [0.29, 0.717) is 11.3 Å². The van der Waals surface area contributed by atoms with E-state index in [2.05, 4.69) is 31.9 Å². The van der Waals surface area contributed by atoms with Gasteiger partial charge in [-0.15, -0.1) is 0 Å². The number of esters is 1. The molecule has 154 valence electrons. The van der Waals surface area contributed by atoms with Crippen LogP contribution in [-0.4, -0.2) is 27.4 Å². The molecule has 2 saturated carbocycles. The molecule has 3 fully saturated rings. The van der Waals surface area contributed by atoms with Crippen LogP contribution >= 0.6 is 31.9 Å². The number of alkyl halides is 2. The maximum atomic E-state index is 13.2. The first-order chi connectivity index (χ1) is 14.5. The molecule has 30 heavy (non-hydrogen) atoms. The van der Waals surface area contributed by atoms with Gasteiger partial charge in [0.25, 0.3) is 0 Å². The van der Waals surface area contributed by atoms with E-state index in [9.17, 15) is 14.4 Å². The lowest BCUT2D eigenvalue weighted by Gasteiger charge is -2.28. The fourth-order valence-corrected chi connectivity index (χ4v) is 7.06. The first kappa shape index (κ1) is 19.9. The van der Waals surface area contributed by atoms with Gasteiger partial charge in [0.1, 0.15) is 6.61 Å². The smallest absolute Gasteiger partial charge is 0.338 e. The van der Waals surface area contributed by atoms with Crippen molar-refractivity contribution in [3.8, 4) is 0 Å². The van der Waals surface area contributed by atoms with E-state index in [-0.39, 0.29) is 51.7 Å². The van der Waals surface area contributed by atoms with Gasteiger partial charge in [-0.25, -0.2) is 4.79 Å². The molecule has 5 rings (SSSR count). The lowest BCUT2D eigenvalue weighted by molar-refractivity contribution is -0.123. The number of anilines is 1. The Morgan fingerprint density at radius 1 is 0.933 bits per heavy atom. The third kappa shape index (κ3) is 3.05. The molecule has 2 amide bonds. The average molecular weight is 533 g/mol. The van der Waals surface area contributed by atoms with E-state index < -0.39 is 5.97 Å². The minimum absolute atomic E-state index is 0.156. The van der Waals surface area contributed by atoms with Gasteiger partial charge in [0.2, 0.25) is 11.8 Å². The van der Waals surface area contributed by atoms with Crippen molar-refractivity contribution in [2.75, 3.05) is 4.90 Å². The van der Waals surface area contributed by atoms with Crippen molar-refractivity contribution >= 4 is 55.3 Å². The molecular weight excluding hydrogens is 514 g/mol. The Hall–Kier alpha value is -1.99. The average Bonchev–Trinajstić information content (AvgIpc) is 3.37. The van der Waals surface area contributed by atoms with Crippen LogP contribution < -0.4 is 4.90 Å². The number of hydrogen-bond acceptors (Lipinski definition) is 4. The standard InChI is InChI=1S/C23H19Br2NO4/c24-19-15-10-16(20(19)25)18-17(15)21(27)26(22(18)28)14-8-4-7-13(9-14)23(29)30-11-12-5-2-1-3-6-12/h1-9,15-20H,10-11H2. The van der Waals surface area contributed by atoms with Crippen molar-refractivity contribution in [3.05, 3.63) is 65.7 Å². The number of nitrogens with zero attached hydrogens (tertiary/aromatic N) is 1. The first-order valence-corrected chi connectivity index (χ1v) is 11.8. The highest BCUT2D eigenvalue weighted by atomic mass is 79.9. The van der Waals surface area contributed by atoms with Crippen molar-refractivity contribution < 1.29 is 19.1 Å². The molecule has 5 nitrogen and oxygen atoms in total. The monoisotopic (exact) mass is 531 g/mol. The summed E-state index contributed by atoms with van der Waals surface area (Å²) in [7, 11) is 0. The normalized spacial score (nSPS) is 31.9. The molecule has 1 heterocycles. The second kappa shape index (κ2) is 7.61. The van der Waals surface area contributed by atoms with Crippen LogP contribution in [0.2, 0.25) is 0 Å². The van der Waals surface area contributed by atoms with Crippen molar-refractivity contribution in [2.45, 2.75) is 22.7 Å². The highest BCUT2D eigenvalue weighted by Gasteiger charge is 2.66. The number of carbonyl (C=O) groups excluding carboxylic acids is 3. The summed E-state index contributed by atoms with van der Waals surface area (Å²) in [6, 6.07) is 16.0. The van der Waals surface area contributed by atoms with Gasteiger partial charge >= 0.3 is 5.97 Å². The second-order valence-corrected chi connectivity index (χ2v) is 10.2. The zero-order valence-electron chi connectivity index (χ0n) is 15.9. The molecule has 0 spiro atoms. The van der Waals surface area contributed by atoms with Crippen LogP contribution in [0.3, 0.4) is 0 Å². The molecule has 2 bridgehead atoms. The summed E-state index contributed by atoms with van der Waals surface area (Å²) in [5, 5.41) is 0. The number of benzene rings is 2. The quantitative estimate of drug-likeness (QED) is 0.334. The van der Waals surface area contributed by atoms with E-state index in [1.807, 2.05) is 30.3 Å². The Kier molecular flexibility index (Phi) is 5.06. The fourth-order valence-electron chi connectivity index (χ4n) is 5.18. The van der Waals surface area contributed by atoms with Gasteiger partial charge in [0.15, 0.2) is 0 Å². The van der Waals surface area contributed by atoms with E-state index in [1.54, 1.807) is 24.3 Å². The SMILES string of the molecule is O=C(OCc1ccccc1)c1cccc(N2C(=O)C3C4CC(C(Br)C4Br)C3C2=O)c1.